The minimum atomic E-state index is -0.460. The highest BCUT2D eigenvalue weighted by Gasteiger charge is 2.35. The third-order valence-electron chi connectivity index (χ3n) is 4.60. The molecule has 0 aromatic heterocycles. The van der Waals surface area contributed by atoms with E-state index in [2.05, 4.69) is 0 Å². The first kappa shape index (κ1) is 16.4. The third kappa shape index (κ3) is 3.35. The van der Waals surface area contributed by atoms with Gasteiger partial charge in [0.05, 0.1) is 5.92 Å². The molecule has 1 atom stereocenters. The number of aryl methyl sites for hydroxylation is 1. The fourth-order valence-electron chi connectivity index (χ4n) is 3.14. The van der Waals surface area contributed by atoms with Crippen molar-refractivity contribution in [2.75, 3.05) is 13.3 Å². The second-order valence-corrected chi connectivity index (χ2v) is 6.60. The number of rotatable bonds is 4. The van der Waals surface area contributed by atoms with Crippen LogP contribution in [0.4, 0.5) is 0 Å². The predicted molar refractivity (Wildman–Crippen MR) is 92.9 cm³/mol. The van der Waals surface area contributed by atoms with Gasteiger partial charge in [-0.3, -0.25) is 9.59 Å². The van der Waals surface area contributed by atoms with Gasteiger partial charge < -0.3 is 19.1 Å². The highest BCUT2D eigenvalue weighted by Crippen LogP contribution is 2.35. The van der Waals surface area contributed by atoms with Gasteiger partial charge >= 0.3 is 5.97 Å². The van der Waals surface area contributed by atoms with E-state index in [9.17, 15) is 9.59 Å². The van der Waals surface area contributed by atoms with Gasteiger partial charge in [0.1, 0.15) is 5.75 Å². The van der Waals surface area contributed by atoms with Gasteiger partial charge in [-0.15, -0.1) is 0 Å². The summed E-state index contributed by atoms with van der Waals surface area (Å²) in [6, 6.07) is 13.0. The third-order valence-corrected chi connectivity index (χ3v) is 4.60. The van der Waals surface area contributed by atoms with E-state index in [0.29, 0.717) is 30.3 Å². The lowest BCUT2D eigenvalue weighted by Crippen LogP contribution is -2.27. The average molecular weight is 353 g/mol. The van der Waals surface area contributed by atoms with Crippen LogP contribution in [-0.4, -0.2) is 30.1 Å². The smallest absolute Gasteiger partial charge is 0.316 e. The van der Waals surface area contributed by atoms with E-state index in [1.54, 1.807) is 23.1 Å². The van der Waals surface area contributed by atoms with E-state index in [1.165, 1.54) is 5.56 Å². The van der Waals surface area contributed by atoms with Crippen LogP contribution >= 0.6 is 0 Å². The van der Waals surface area contributed by atoms with Crippen molar-refractivity contribution in [2.45, 2.75) is 19.9 Å². The predicted octanol–water partition coefficient (Wildman–Crippen LogP) is 2.68. The van der Waals surface area contributed by atoms with Crippen molar-refractivity contribution >= 4 is 11.9 Å². The molecular weight excluding hydrogens is 334 g/mol. The van der Waals surface area contributed by atoms with Crippen molar-refractivity contribution in [1.29, 1.82) is 0 Å². The molecule has 2 aromatic carbocycles. The van der Waals surface area contributed by atoms with Crippen molar-refractivity contribution in [3.8, 4) is 17.2 Å². The summed E-state index contributed by atoms with van der Waals surface area (Å²) in [6.07, 6.45) is 0.176. The first-order valence-electron chi connectivity index (χ1n) is 8.53. The first-order chi connectivity index (χ1) is 12.6. The minimum absolute atomic E-state index is 0.0294. The zero-order valence-corrected chi connectivity index (χ0v) is 14.4. The Kier molecular flexibility index (Phi) is 4.24. The number of nitrogens with zero attached hydrogens (tertiary/aromatic N) is 1. The second kappa shape index (κ2) is 6.71. The maximum atomic E-state index is 12.4. The molecular formula is C20H19NO5. The summed E-state index contributed by atoms with van der Waals surface area (Å²) >= 11 is 0. The maximum absolute atomic E-state index is 12.4. The molecule has 0 radical (unpaired) electrons. The lowest BCUT2D eigenvalue weighted by Gasteiger charge is -2.16. The number of ether oxygens (including phenoxy) is 3. The monoisotopic (exact) mass is 353 g/mol. The zero-order valence-electron chi connectivity index (χ0n) is 14.4. The Bertz CT molecular complexity index is 846. The van der Waals surface area contributed by atoms with E-state index in [-0.39, 0.29) is 19.1 Å². The molecule has 0 N–H and O–H groups in total. The Morgan fingerprint density at radius 1 is 1.15 bits per heavy atom. The average Bonchev–Trinajstić information content (AvgIpc) is 3.23. The number of carbonyl (C=O) groups excluding carboxylic acids is 2. The lowest BCUT2D eigenvalue weighted by molar-refractivity contribution is -0.139. The molecule has 26 heavy (non-hydrogen) atoms. The summed E-state index contributed by atoms with van der Waals surface area (Å²) in [4.78, 5) is 26.4. The highest BCUT2D eigenvalue weighted by atomic mass is 16.7. The van der Waals surface area contributed by atoms with Crippen LogP contribution in [0.3, 0.4) is 0 Å². The van der Waals surface area contributed by atoms with Crippen LogP contribution in [-0.2, 0) is 16.1 Å². The number of carbonyl (C=O) groups is 2. The van der Waals surface area contributed by atoms with E-state index in [1.807, 2.05) is 31.2 Å². The largest absolute Gasteiger partial charge is 0.454 e. The van der Waals surface area contributed by atoms with Crippen molar-refractivity contribution in [2.24, 2.45) is 5.92 Å². The number of likely N-dealkylation sites (tertiary alicyclic amines) is 1. The summed E-state index contributed by atoms with van der Waals surface area (Å²) in [5.41, 5.74) is 2.22. The molecule has 1 saturated heterocycles. The molecule has 2 aliphatic rings. The lowest BCUT2D eigenvalue weighted by atomic mass is 10.1. The van der Waals surface area contributed by atoms with E-state index in [0.717, 1.165) is 5.56 Å². The zero-order chi connectivity index (χ0) is 18.1. The SMILES string of the molecule is Cc1ccc(CN2C[C@H](C(=O)Oc3ccc4c(c3)OCO4)CC2=O)cc1. The van der Waals surface area contributed by atoms with Crippen LogP contribution < -0.4 is 14.2 Å². The van der Waals surface area contributed by atoms with E-state index in [4.69, 9.17) is 14.2 Å². The first-order valence-corrected chi connectivity index (χ1v) is 8.53. The molecule has 134 valence electrons. The molecule has 0 unspecified atom stereocenters. The Hall–Kier alpha value is -3.02. The Labute approximate surface area is 151 Å². The fourth-order valence-corrected chi connectivity index (χ4v) is 3.14. The molecule has 0 spiro atoms. The van der Waals surface area contributed by atoms with Gasteiger partial charge in [-0.2, -0.15) is 0 Å². The fraction of sp³-hybridized carbons (Fsp3) is 0.300. The number of benzene rings is 2. The van der Waals surface area contributed by atoms with Crippen molar-refractivity contribution < 1.29 is 23.8 Å². The molecule has 0 bridgehead atoms. The molecule has 1 amide bonds. The van der Waals surface area contributed by atoms with Gasteiger partial charge in [0.25, 0.3) is 0 Å². The quantitative estimate of drug-likeness (QED) is 0.625. The van der Waals surface area contributed by atoms with Gasteiger partial charge in [-0.1, -0.05) is 29.8 Å². The van der Waals surface area contributed by atoms with E-state index < -0.39 is 11.9 Å². The summed E-state index contributed by atoms with van der Waals surface area (Å²) in [7, 11) is 0. The van der Waals surface area contributed by atoms with Gasteiger partial charge in [-0.05, 0) is 24.6 Å². The van der Waals surface area contributed by atoms with Gasteiger partial charge in [0.2, 0.25) is 12.7 Å². The standard InChI is InChI=1S/C20H19NO5/c1-13-2-4-14(5-3-13)10-21-11-15(8-19(21)22)20(23)26-16-6-7-17-18(9-16)25-12-24-17/h2-7,9,15H,8,10-12H2,1H3/t15-/m1/s1. The molecule has 6 heteroatoms. The molecule has 6 nitrogen and oxygen atoms in total. The van der Waals surface area contributed by atoms with Crippen molar-refractivity contribution in [3.63, 3.8) is 0 Å². The molecule has 0 aliphatic carbocycles. The molecule has 2 heterocycles. The van der Waals surface area contributed by atoms with Crippen LogP contribution in [0, 0.1) is 12.8 Å². The van der Waals surface area contributed by atoms with Crippen LogP contribution in [0.1, 0.15) is 17.5 Å². The summed E-state index contributed by atoms with van der Waals surface area (Å²) in [5, 5.41) is 0. The molecule has 2 aromatic rings. The van der Waals surface area contributed by atoms with Crippen molar-refractivity contribution in [3.05, 3.63) is 53.6 Å². The normalized spacial score (nSPS) is 18.3. The Morgan fingerprint density at radius 2 is 1.92 bits per heavy atom. The number of hydrogen-bond donors (Lipinski definition) is 0. The topological polar surface area (TPSA) is 65.1 Å². The second-order valence-electron chi connectivity index (χ2n) is 6.60. The van der Waals surface area contributed by atoms with E-state index >= 15 is 0 Å². The van der Waals surface area contributed by atoms with Crippen LogP contribution in [0.5, 0.6) is 17.2 Å². The maximum Gasteiger partial charge on any atom is 0.316 e. The minimum Gasteiger partial charge on any atom is -0.454 e. The van der Waals surface area contributed by atoms with Crippen LogP contribution in [0.15, 0.2) is 42.5 Å². The number of fused-ring (bicyclic) bond motifs is 1. The highest BCUT2D eigenvalue weighted by molar-refractivity contribution is 5.87. The summed E-state index contributed by atoms with van der Waals surface area (Å²) < 4.78 is 15.9. The summed E-state index contributed by atoms with van der Waals surface area (Å²) in [5.74, 6) is 0.688. The van der Waals surface area contributed by atoms with Crippen LogP contribution in [0.25, 0.3) is 0 Å². The van der Waals surface area contributed by atoms with Gasteiger partial charge in [0, 0.05) is 25.6 Å². The van der Waals surface area contributed by atoms with Crippen LogP contribution in [0.2, 0.25) is 0 Å². The number of amides is 1. The van der Waals surface area contributed by atoms with Crippen molar-refractivity contribution in [1.82, 2.24) is 4.90 Å². The number of hydrogen-bond acceptors (Lipinski definition) is 5. The Balaban J connectivity index is 1.38. The molecule has 0 saturated carbocycles. The molecule has 2 aliphatic heterocycles. The van der Waals surface area contributed by atoms with Gasteiger partial charge in [0.15, 0.2) is 11.5 Å². The molecule has 4 rings (SSSR count). The molecule has 1 fully saturated rings. The number of esters is 1. The Morgan fingerprint density at radius 3 is 2.73 bits per heavy atom. The summed E-state index contributed by atoms with van der Waals surface area (Å²) in [6.45, 7) is 3.06. The van der Waals surface area contributed by atoms with Gasteiger partial charge in [-0.25, -0.2) is 0 Å².